The first-order valence-corrected chi connectivity index (χ1v) is 9.52. The van der Waals surface area contributed by atoms with Crippen LogP contribution >= 0.6 is 0 Å². The first kappa shape index (κ1) is 20.8. The fraction of sp³-hybridized carbons (Fsp3) is 0.125. The summed E-state index contributed by atoms with van der Waals surface area (Å²) in [6.45, 7) is 0. The maximum Gasteiger partial charge on any atom is 0.251 e. The van der Waals surface area contributed by atoms with Gasteiger partial charge in [-0.2, -0.15) is 5.10 Å². The summed E-state index contributed by atoms with van der Waals surface area (Å²) < 4.78 is 5.17. The Morgan fingerprint density at radius 1 is 0.967 bits per heavy atom. The van der Waals surface area contributed by atoms with E-state index in [0.29, 0.717) is 11.3 Å². The SMILES string of the molecule is COc1cccc(/C=N\NC(=O)C[C@@H](NC(=O)c2ccccc2)c2ccccc2)c1. The Morgan fingerprint density at radius 2 is 1.67 bits per heavy atom. The van der Waals surface area contributed by atoms with E-state index in [-0.39, 0.29) is 18.2 Å². The largest absolute Gasteiger partial charge is 0.497 e. The van der Waals surface area contributed by atoms with Crippen molar-refractivity contribution in [2.24, 2.45) is 5.10 Å². The Hall–Kier alpha value is -3.93. The van der Waals surface area contributed by atoms with E-state index in [2.05, 4.69) is 15.8 Å². The molecular weight excluding hydrogens is 378 g/mol. The molecule has 0 fully saturated rings. The molecule has 3 rings (SSSR count). The highest BCUT2D eigenvalue weighted by atomic mass is 16.5. The molecule has 0 heterocycles. The average Bonchev–Trinajstić information content (AvgIpc) is 2.80. The van der Waals surface area contributed by atoms with Crippen LogP contribution in [0.3, 0.4) is 0 Å². The number of carbonyl (C=O) groups is 2. The Balaban J connectivity index is 1.65. The van der Waals surface area contributed by atoms with Crippen LogP contribution in [0.5, 0.6) is 5.75 Å². The quantitative estimate of drug-likeness (QED) is 0.446. The molecule has 0 aliphatic carbocycles. The normalized spacial score (nSPS) is 11.6. The Bertz CT molecular complexity index is 1000. The number of amides is 2. The summed E-state index contributed by atoms with van der Waals surface area (Å²) in [7, 11) is 1.59. The number of hydrogen-bond donors (Lipinski definition) is 2. The minimum Gasteiger partial charge on any atom is -0.497 e. The minimum atomic E-state index is -0.481. The summed E-state index contributed by atoms with van der Waals surface area (Å²) in [5, 5.41) is 6.94. The van der Waals surface area contributed by atoms with Crippen molar-refractivity contribution in [1.82, 2.24) is 10.7 Å². The fourth-order valence-corrected chi connectivity index (χ4v) is 2.90. The lowest BCUT2D eigenvalue weighted by Crippen LogP contribution is -2.32. The number of benzene rings is 3. The zero-order chi connectivity index (χ0) is 21.2. The molecule has 0 radical (unpaired) electrons. The Kier molecular flexibility index (Phi) is 7.33. The smallest absolute Gasteiger partial charge is 0.251 e. The highest BCUT2D eigenvalue weighted by Crippen LogP contribution is 2.17. The molecule has 0 bridgehead atoms. The molecule has 2 N–H and O–H groups in total. The van der Waals surface area contributed by atoms with Crippen LogP contribution < -0.4 is 15.5 Å². The molecule has 0 saturated carbocycles. The van der Waals surface area contributed by atoms with E-state index in [1.807, 2.05) is 60.7 Å². The van der Waals surface area contributed by atoms with Crippen molar-refractivity contribution in [2.45, 2.75) is 12.5 Å². The molecule has 0 saturated heterocycles. The number of methoxy groups -OCH3 is 1. The topological polar surface area (TPSA) is 79.8 Å². The van der Waals surface area contributed by atoms with Crippen molar-refractivity contribution in [3.63, 3.8) is 0 Å². The van der Waals surface area contributed by atoms with E-state index in [9.17, 15) is 9.59 Å². The molecule has 6 heteroatoms. The predicted molar refractivity (Wildman–Crippen MR) is 116 cm³/mol. The number of carbonyl (C=O) groups excluding carboxylic acids is 2. The minimum absolute atomic E-state index is 0.0536. The van der Waals surface area contributed by atoms with Crippen LogP contribution in [0.25, 0.3) is 0 Å². The van der Waals surface area contributed by atoms with E-state index in [4.69, 9.17) is 4.74 Å². The summed E-state index contributed by atoms with van der Waals surface area (Å²) in [4.78, 5) is 25.0. The summed E-state index contributed by atoms with van der Waals surface area (Å²) in [5.74, 6) is 0.159. The van der Waals surface area contributed by atoms with E-state index >= 15 is 0 Å². The van der Waals surface area contributed by atoms with Gasteiger partial charge >= 0.3 is 0 Å². The monoisotopic (exact) mass is 401 g/mol. The maximum atomic E-state index is 12.6. The lowest BCUT2D eigenvalue weighted by Gasteiger charge is -2.18. The van der Waals surface area contributed by atoms with E-state index in [1.165, 1.54) is 0 Å². The van der Waals surface area contributed by atoms with Gasteiger partial charge in [-0.15, -0.1) is 0 Å². The third-order valence-corrected chi connectivity index (χ3v) is 4.43. The highest BCUT2D eigenvalue weighted by Gasteiger charge is 2.19. The van der Waals surface area contributed by atoms with Crippen LogP contribution in [0, 0.1) is 0 Å². The van der Waals surface area contributed by atoms with Crippen LogP contribution in [0.1, 0.15) is 33.9 Å². The van der Waals surface area contributed by atoms with E-state index < -0.39 is 6.04 Å². The second kappa shape index (κ2) is 10.6. The van der Waals surface area contributed by atoms with Gasteiger partial charge < -0.3 is 10.1 Å². The standard InChI is InChI=1S/C24H23N3O3/c1-30-21-14-8-9-18(15-21)17-25-27-23(28)16-22(19-10-4-2-5-11-19)26-24(29)20-12-6-3-7-13-20/h2-15,17,22H,16H2,1H3,(H,26,29)(H,27,28)/b25-17-/t22-/m1/s1. The molecule has 1 atom stereocenters. The summed E-state index contributed by atoms with van der Waals surface area (Å²) in [6, 6.07) is 25.1. The van der Waals surface area contributed by atoms with Gasteiger partial charge in [-0.3, -0.25) is 9.59 Å². The van der Waals surface area contributed by atoms with Gasteiger partial charge in [-0.1, -0.05) is 60.7 Å². The van der Waals surface area contributed by atoms with E-state index in [0.717, 1.165) is 11.1 Å². The summed E-state index contributed by atoms with van der Waals surface area (Å²) >= 11 is 0. The van der Waals surface area contributed by atoms with Gasteiger partial charge in [0.05, 0.1) is 25.8 Å². The first-order chi connectivity index (χ1) is 14.7. The number of ether oxygens (including phenoxy) is 1. The molecule has 3 aromatic rings. The van der Waals surface area contributed by atoms with Gasteiger partial charge in [0, 0.05) is 5.56 Å². The first-order valence-electron chi connectivity index (χ1n) is 9.52. The van der Waals surface area contributed by atoms with Crippen LogP contribution in [0.4, 0.5) is 0 Å². The second-order valence-corrected chi connectivity index (χ2v) is 6.58. The molecule has 0 aromatic heterocycles. The van der Waals surface area contributed by atoms with Gasteiger partial charge in [0.2, 0.25) is 5.91 Å². The Morgan fingerprint density at radius 3 is 2.37 bits per heavy atom. The molecule has 152 valence electrons. The maximum absolute atomic E-state index is 12.6. The number of hydrazone groups is 1. The molecule has 0 spiro atoms. The molecule has 30 heavy (non-hydrogen) atoms. The number of rotatable bonds is 8. The second-order valence-electron chi connectivity index (χ2n) is 6.58. The van der Waals surface area contributed by atoms with Crippen LogP contribution in [-0.2, 0) is 4.79 Å². The number of hydrogen-bond acceptors (Lipinski definition) is 4. The zero-order valence-electron chi connectivity index (χ0n) is 16.6. The summed E-state index contributed by atoms with van der Waals surface area (Å²) in [5.41, 5.74) is 4.70. The van der Waals surface area contributed by atoms with Crippen molar-refractivity contribution < 1.29 is 14.3 Å². The zero-order valence-corrected chi connectivity index (χ0v) is 16.6. The predicted octanol–water partition coefficient (Wildman–Crippen LogP) is 3.71. The summed E-state index contributed by atoms with van der Waals surface area (Å²) in [6.07, 6.45) is 1.60. The lowest BCUT2D eigenvalue weighted by molar-refractivity contribution is -0.121. The van der Waals surface area contributed by atoms with Crippen LogP contribution in [0.15, 0.2) is 90.0 Å². The molecule has 6 nitrogen and oxygen atoms in total. The average molecular weight is 401 g/mol. The molecular formula is C24H23N3O3. The van der Waals surface area contributed by atoms with Gasteiger partial charge in [0.25, 0.3) is 5.91 Å². The third kappa shape index (κ3) is 6.04. The van der Waals surface area contributed by atoms with Crippen molar-refractivity contribution in [3.05, 3.63) is 102 Å². The van der Waals surface area contributed by atoms with E-state index in [1.54, 1.807) is 37.6 Å². The van der Waals surface area contributed by atoms with Crippen molar-refractivity contribution in [1.29, 1.82) is 0 Å². The molecule has 0 aliphatic rings. The highest BCUT2D eigenvalue weighted by molar-refractivity contribution is 5.94. The molecule has 0 aliphatic heterocycles. The van der Waals surface area contributed by atoms with Gasteiger partial charge in [-0.05, 0) is 35.4 Å². The van der Waals surface area contributed by atoms with Crippen LogP contribution in [-0.4, -0.2) is 25.1 Å². The van der Waals surface area contributed by atoms with Crippen molar-refractivity contribution in [2.75, 3.05) is 7.11 Å². The number of nitrogens with zero attached hydrogens (tertiary/aromatic N) is 1. The van der Waals surface area contributed by atoms with Gasteiger partial charge in [-0.25, -0.2) is 5.43 Å². The molecule has 3 aromatic carbocycles. The number of nitrogens with one attached hydrogen (secondary N) is 2. The van der Waals surface area contributed by atoms with Crippen LogP contribution in [0.2, 0.25) is 0 Å². The molecule has 2 amide bonds. The van der Waals surface area contributed by atoms with Gasteiger partial charge in [0.1, 0.15) is 5.75 Å². The van der Waals surface area contributed by atoms with Crippen molar-refractivity contribution >= 4 is 18.0 Å². The lowest BCUT2D eigenvalue weighted by atomic mass is 10.0. The fourth-order valence-electron chi connectivity index (χ4n) is 2.90. The third-order valence-electron chi connectivity index (χ3n) is 4.43. The van der Waals surface area contributed by atoms with Gasteiger partial charge in [0.15, 0.2) is 0 Å². The Labute approximate surface area is 175 Å². The van der Waals surface area contributed by atoms with Crippen molar-refractivity contribution in [3.8, 4) is 5.75 Å². The molecule has 0 unspecified atom stereocenters.